The molecule has 3 heterocycles. The molecule has 1 fully saturated rings. The maximum atomic E-state index is 12.3. The Bertz CT molecular complexity index is 1050. The molecule has 188 valence electrons. The van der Waals surface area contributed by atoms with E-state index in [2.05, 4.69) is 21.3 Å². The van der Waals surface area contributed by atoms with Gasteiger partial charge >= 0.3 is 6.09 Å². The molecular formula is C27H36N4O4. The summed E-state index contributed by atoms with van der Waals surface area (Å²) in [5, 5.41) is 2.97. The molecule has 1 aromatic heterocycles. The third-order valence-corrected chi connectivity index (χ3v) is 6.16. The predicted octanol–water partition coefficient (Wildman–Crippen LogP) is 5.15. The summed E-state index contributed by atoms with van der Waals surface area (Å²) in [5.74, 6) is 1.57. The van der Waals surface area contributed by atoms with E-state index in [-0.39, 0.29) is 24.0 Å². The molecule has 0 bridgehead atoms. The second-order valence-electron chi connectivity index (χ2n) is 10.5. The Morgan fingerprint density at radius 1 is 1.09 bits per heavy atom. The first-order chi connectivity index (χ1) is 16.6. The zero-order valence-corrected chi connectivity index (χ0v) is 21.3. The van der Waals surface area contributed by atoms with Gasteiger partial charge in [0.15, 0.2) is 0 Å². The van der Waals surface area contributed by atoms with Crippen molar-refractivity contribution < 1.29 is 19.1 Å². The molecule has 8 heteroatoms. The molecule has 0 unspecified atom stereocenters. The van der Waals surface area contributed by atoms with Gasteiger partial charge in [-0.2, -0.15) is 0 Å². The van der Waals surface area contributed by atoms with Crippen LogP contribution >= 0.6 is 0 Å². The van der Waals surface area contributed by atoms with Crippen molar-refractivity contribution in [2.75, 3.05) is 29.9 Å². The summed E-state index contributed by atoms with van der Waals surface area (Å²) in [5.41, 5.74) is 2.66. The van der Waals surface area contributed by atoms with Crippen LogP contribution in [0.2, 0.25) is 0 Å². The zero-order valence-electron chi connectivity index (χ0n) is 21.3. The Labute approximate surface area is 207 Å². The minimum Gasteiger partial charge on any atom is -0.489 e. The number of nitrogens with one attached hydrogen (secondary N) is 1. The highest BCUT2D eigenvalue weighted by Crippen LogP contribution is 2.35. The summed E-state index contributed by atoms with van der Waals surface area (Å²) in [4.78, 5) is 32.8. The van der Waals surface area contributed by atoms with Gasteiger partial charge < -0.3 is 24.6 Å². The topological polar surface area (TPSA) is 84.0 Å². The largest absolute Gasteiger partial charge is 0.489 e. The second kappa shape index (κ2) is 10.1. The summed E-state index contributed by atoms with van der Waals surface area (Å²) in [6.07, 6.45) is 3.98. The van der Waals surface area contributed by atoms with Gasteiger partial charge in [0.2, 0.25) is 5.91 Å². The molecule has 4 rings (SSSR count). The van der Waals surface area contributed by atoms with Gasteiger partial charge in [-0.15, -0.1) is 0 Å². The van der Waals surface area contributed by atoms with Gasteiger partial charge in [0, 0.05) is 49.8 Å². The van der Waals surface area contributed by atoms with Gasteiger partial charge in [0.1, 0.15) is 23.3 Å². The highest BCUT2D eigenvalue weighted by Gasteiger charge is 2.28. The number of piperidine rings is 1. The Hall–Kier alpha value is -3.29. The van der Waals surface area contributed by atoms with Gasteiger partial charge in [-0.25, -0.2) is 9.78 Å². The SMILES string of the molecule is CC(C)C(=O)Nc1ccc2c(c1)CCN2c1ccc(OC2CCN(C(=O)OC(C)(C)C)CC2)cn1. The number of carbonyl (C=O) groups is 2. The van der Waals surface area contributed by atoms with E-state index < -0.39 is 5.60 Å². The van der Waals surface area contributed by atoms with Crippen molar-refractivity contribution >= 4 is 29.2 Å². The standard InChI is InChI=1S/C27H36N4O4/c1-18(2)25(32)29-20-6-8-23-19(16-20)10-15-31(23)24-9-7-22(17-28-24)34-21-11-13-30(14-12-21)26(33)35-27(3,4)5/h6-9,16-18,21H,10-15H2,1-5H3,(H,29,32). The first-order valence-electron chi connectivity index (χ1n) is 12.4. The van der Waals surface area contributed by atoms with Crippen molar-refractivity contribution in [3.05, 3.63) is 42.1 Å². The number of anilines is 3. The summed E-state index contributed by atoms with van der Waals surface area (Å²) < 4.78 is 11.6. The average molecular weight is 481 g/mol. The van der Waals surface area contributed by atoms with Crippen LogP contribution in [0.5, 0.6) is 5.75 Å². The molecule has 0 atom stereocenters. The number of benzene rings is 1. The fraction of sp³-hybridized carbons (Fsp3) is 0.519. The molecule has 35 heavy (non-hydrogen) atoms. The quantitative estimate of drug-likeness (QED) is 0.637. The molecule has 1 aromatic carbocycles. The smallest absolute Gasteiger partial charge is 0.410 e. The molecule has 0 spiro atoms. The van der Waals surface area contributed by atoms with Gasteiger partial charge in [-0.3, -0.25) is 4.79 Å². The lowest BCUT2D eigenvalue weighted by Crippen LogP contribution is -2.44. The molecule has 0 radical (unpaired) electrons. The van der Waals surface area contributed by atoms with E-state index in [9.17, 15) is 9.59 Å². The third-order valence-electron chi connectivity index (χ3n) is 6.16. The van der Waals surface area contributed by atoms with Crippen LogP contribution in [0.25, 0.3) is 0 Å². The number of nitrogens with zero attached hydrogens (tertiary/aromatic N) is 3. The lowest BCUT2D eigenvalue weighted by atomic mass is 10.1. The fourth-order valence-electron chi connectivity index (χ4n) is 4.28. The van der Waals surface area contributed by atoms with Gasteiger partial charge in [0.05, 0.1) is 6.20 Å². The third kappa shape index (κ3) is 6.24. The van der Waals surface area contributed by atoms with E-state index in [0.29, 0.717) is 13.1 Å². The number of amides is 2. The average Bonchev–Trinajstić information content (AvgIpc) is 3.22. The van der Waals surface area contributed by atoms with Crippen LogP contribution < -0.4 is 15.0 Å². The number of rotatable bonds is 5. The highest BCUT2D eigenvalue weighted by atomic mass is 16.6. The first-order valence-corrected chi connectivity index (χ1v) is 12.4. The van der Waals surface area contributed by atoms with E-state index in [0.717, 1.165) is 48.7 Å². The van der Waals surface area contributed by atoms with Crippen LogP contribution in [-0.4, -0.2) is 53.2 Å². The van der Waals surface area contributed by atoms with Crippen LogP contribution in [-0.2, 0) is 16.0 Å². The van der Waals surface area contributed by atoms with E-state index >= 15 is 0 Å². The number of carbonyl (C=O) groups excluding carboxylic acids is 2. The summed E-state index contributed by atoms with van der Waals surface area (Å²) >= 11 is 0. The van der Waals surface area contributed by atoms with E-state index in [1.807, 2.05) is 58.9 Å². The maximum Gasteiger partial charge on any atom is 0.410 e. The minimum absolute atomic E-state index is 0.0209. The van der Waals surface area contributed by atoms with E-state index in [1.54, 1.807) is 11.1 Å². The number of hydrogen-bond acceptors (Lipinski definition) is 6. The Morgan fingerprint density at radius 3 is 2.46 bits per heavy atom. The van der Waals surface area contributed by atoms with Gasteiger partial charge in [0.25, 0.3) is 0 Å². The van der Waals surface area contributed by atoms with Crippen molar-refractivity contribution in [3.63, 3.8) is 0 Å². The van der Waals surface area contributed by atoms with Crippen LogP contribution in [0, 0.1) is 5.92 Å². The molecule has 1 N–H and O–H groups in total. The zero-order chi connectivity index (χ0) is 25.2. The van der Waals surface area contributed by atoms with Crippen molar-refractivity contribution in [2.24, 2.45) is 5.92 Å². The number of hydrogen-bond donors (Lipinski definition) is 1. The lowest BCUT2D eigenvalue weighted by Gasteiger charge is -2.33. The normalized spacial score (nSPS) is 16.3. The molecule has 2 amide bonds. The maximum absolute atomic E-state index is 12.3. The first kappa shape index (κ1) is 24.8. The van der Waals surface area contributed by atoms with Crippen molar-refractivity contribution in [1.29, 1.82) is 0 Å². The van der Waals surface area contributed by atoms with E-state index in [4.69, 9.17) is 9.47 Å². The van der Waals surface area contributed by atoms with Crippen molar-refractivity contribution in [3.8, 4) is 5.75 Å². The van der Waals surface area contributed by atoms with Crippen LogP contribution in [0.3, 0.4) is 0 Å². The summed E-state index contributed by atoms with van der Waals surface area (Å²) in [7, 11) is 0. The number of ether oxygens (including phenoxy) is 2. The van der Waals surface area contributed by atoms with Crippen LogP contribution in [0.15, 0.2) is 36.5 Å². The Morgan fingerprint density at radius 2 is 1.83 bits per heavy atom. The molecule has 2 aromatic rings. The molecule has 0 saturated carbocycles. The van der Waals surface area contributed by atoms with Crippen LogP contribution in [0.4, 0.5) is 22.0 Å². The van der Waals surface area contributed by atoms with Crippen molar-refractivity contribution in [2.45, 2.75) is 65.6 Å². The number of aromatic nitrogens is 1. The van der Waals surface area contributed by atoms with Crippen LogP contribution in [0.1, 0.15) is 53.0 Å². The predicted molar refractivity (Wildman–Crippen MR) is 136 cm³/mol. The fourth-order valence-corrected chi connectivity index (χ4v) is 4.28. The molecule has 0 aliphatic carbocycles. The lowest BCUT2D eigenvalue weighted by molar-refractivity contribution is -0.118. The monoisotopic (exact) mass is 480 g/mol. The Balaban J connectivity index is 1.32. The van der Waals surface area contributed by atoms with E-state index in [1.165, 1.54) is 5.56 Å². The summed E-state index contributed by atoms with van der Waals surface area (Å²) in [6.45, 7) is 11.5. The molecule has 2 aliphatic rings. The minimum atomic E-state index is -0.486. The number of pyridine rings is 1. The summed E-state index contributed by atoms with van der Waals surface area (Å²) in [6, 6.07) is 9.98. The molecule has 8 nitrogen and oxygen atoms in total. The Kier molecular flexibility index (Phi) is 7.19. The number of fused-ring (bicyclic) bond motifs is 1. The molecule has 2 aliphatic heterocycles. The molecular weight excluding hydrogens is 444 g/mol. The van der Waals surface area contributed by atoms with Gasteiger partial charge in [-0.1, -0.05) is 13.8 Å². The number of likely N-dealkylation sites (tertiary alicyclic amines) is 1. The highest BCUT2D eigenvalue weighted by molar-refractivity contribution is 5.92. The van der Waals surface area contributed by atoms with Gasteiger partial charge in [-0.05, 0) is 63.1 Å². The molecule has 1 saturated heterocycles. The van der Waals surface area contributed by atoms with Crippen molar-refractivity contribution in [1.82, 2.24) is 9.88 Å². The second-order valence-corrected chi connectivity index (χ2v) is 10.5.